The molecular weight excluding hydrogens is 755 g/mol. The monoisotopic (exact) mass is 791 g/mol. The first-order chi connectivity index (χ1) is 30.8. The smallest absolute Gasteiger partial charge is 0.143 e. The van der Waals surface area contributed by atoms with Gasteiger partial charge in [0, 0.05) is 49.7 Å². The van der Waals surface area contributed by atoms with Crippen LogP contribution in [0.4, 0.5) is 34.1 Å². The second-order valence-corrected chi connectivity index (χ2v) is 16.1. The van der Waals surface area contributed by atoms with E-state index in [1.807, 2.05) is 6.07 Å². The minimum Gasteiger partial charge on any atom is -0.455 e. The lowest BCUT2D eigenvalue weighted by atomic mass is 10.00. The van der Waals surface area contributed by atoms with Crippen LogP contribution >= 0.6 is 0 Å². The van der Waals surface area contributed by atoms with E-state index in [0.717, 1.165) is 67.1 Å². The second kappa shape index (κ2) is 13.6. The second-order valence-electron chi connectivity index (χ2n) is 16.1. The van der Waals surface area contributed by atoms with Crippen LogP contribution in [0.3, 0.4) is 0 Å². The molecule has 290 valence electrons. The standard InChI is InChI=1S/C58H37N3O/c1-3-12-38(13-4-1)39-22-24-40(25-23-39)41-26-28-43(29-27-41)59(42-14-5-2-6-15-42)44-30-32-45(33-31-44)60-51-18-8-9-19-52(51)61-53-37-36-49-47(56(53)50-17-11-20-54(60)57(50)61)34-35-48-46-16-7-10-21-55(46)62-58(48)49/h1-37H. The zero-order valence-corrected chi connectivity index (χ0v) is 33.6. The predicted molar refractivity (Wildman–Crippen MR) is 259 cm³/mol. The third kappa shape index (κ3) is 5.20. The fraction of sp³-hybridized carbons (Fsp3) is 0. The minimum atomic E-state index is 0.916. The molecule has 0 saturated heterocycles. The van der Waals surface area contributed by atoms with Crippen molar-refractivity contribution in [3.63, 3.8) is 0 Å². The van der Waals surface area contributed by atoms with Gasteiger partial charge in [0.05, 0.1) is 28.1 Å². The van der Waals surface area contributed by atoms with Crippen LogP contribution in [0.25, 0.3) is 82.5 Å². The average Bonchev–Trinajstić information content (AvgIpc) is 3.90. The molecule has 12 aromatic rings. The van der Waals surface area contributed by atoms with Crippen LogP contribution in [0.2, 0.25) is 0 Å². The van der Waals surface area contributed by atoms with Crippen molar-refractivity contribution in [1.82, 2.24) is 4.57 Å². The topological polar surface area (TPSA) is 24.6 Å². The fourth-order valence-corrected chi connectivity index (χ4v) is 9.88. The van der Waals surface area contributed by atoms with E-state index >= 15 is 0 Å². The lowest BCUT2D eigenvalue weighted by Gasteiger charge is -2.33. The maximum Gasteiger partial charge on any atom is 0.143 e. The Bertz CT molecular complexity index is 3660. The van der Waals surface area contributed by atoms with Crippen LogP contribution in [0.1, 0.15) is 0 Å². The number of furan rings is 1. The number of benzene rings is 10. The Morgan fingerprint density at radius 3 is 1.60 bits per heavy atom. The molecule has 0 fully saturated rings. The van der Waals surface area contributed by atoms with Gasteiger partial charge in [-0.25, -0.2) is 0 Å². The van der Waals surface area contributed by atoms with Gasteiger partial charge in [0.15, 0.2) is 0 Å². The summed E-state index contributed by atoms with van der Waals surface area (Å²) in [5.41, 5.74) is 16.9. The van der Waals surface area contributed by atoms with Gasteiger partial charge < -0.3 is 18.8 Å². The van der Waals surface area contributed by atoms with E-state index in [9.17, 15) is 0 Å². The van der Waals surface area contributed by atoms with Crippen molar-refractivity contribution in [3.8, 4) is 27.9 Å². The van der Waals surface area contributed by atoms with Crippen LogP contribution in [0.5, 0.6) is 0 Å². The van der Waals surface area contributed by atoms with Crippen LogP contribution < -0.4 is 9.80 Å². The number of nitrogens with zero attached hydrogens (tertiary/aromatic N) is 3. The van der Waals surface area contributed by atoms with Crippen molar-refractivity contribution in [2.24, 2.45) is 0 Å². The highest BCUT2D eigenvalue weighted by atomic mass is 16.3. The van der Waals surface area contributed by atoms with Crippen LogP contribution in [0.15, 0.2) is 229 Å². The lowest BCUT2D eigenvalue weighted by Crippen LogP contribution is -2.18. The molecule has 0 atom stereocenters. The molecule has 3 heterocycles. The molecule has 0 spiro atoms. The number of anilines is 6. The molecule has 0 N–H and O–H groups in total. The molecule has 4 nitrogen and oxygen atoms in total. The summed E-state index contributed by atoms with van der Waals surface area (Å²) in [6.07, 6.45) is 0. The third-order valence-corrected chi connectivity index (χ3v) is 12.7. The summed E-state index contributed by atoms with van der Waals surface area (Å²) in [6.45, 7) is 0. The minimum absolute atomic E-state index is 0.916. The van der Waals surface area contributed by atoms with E-state index < -0.39 is 0 Å². The van der Waals surface area contributed by atoms with Gasteiger partial charge >= 0.3 is 0 Å². The molecule has 62 heavy (non-hydrogen) atoms. The normalized spacial score (nSPS) is 12.2. The molecule has 1 aliphatic rings. The van der Waals surface area contributed by atoms with Gasteiger partial charge in [-0.3, -0.25) is 0 Å². The van der Waals surface area contributed by atoms with E-state index in [0.29, 0.717) is 0 Å². The summed E-state index contributed by atoms with van der Waals surface area (Å²) in [5, 5.41) is 7.08. The Morgan fingerprint density at radius 1 is 0.339 bits per heavy atom. The van der Waals surface area contributed by atoms with Crippen LogP contribution in [-0.2, 0) is 0 Å². The molecule has 0 bridgehead atoms. The molecule has 4 heteroatoms. The SMILES string of the molecule is c1ccc(-c2ccc(-c3ccc(N(c4ccccc4)c4ccc(N5c6ccccc6-n6c7ccc8c(ccc9c%10ccccc%10oc98)c7c7cccc5c76)cc4)cc3)cc2)cc1. The summed E-state index contributed by atoms with van der Waals surface area (Å²) in [6, 6.07) is 80.8. The van der Waals surface area contributed by atoms with Gasteiger partial charge in [0.25, 0.3) is 0 Å². The van der Waals surface area contributed by atoms with Gasteiger partial charge in [-0.15, -0.1) is 0 Å². The largest absolute Gasteiger partial charge is 0.455 e. The number of hydrogen-bond acceptors (Lipinski definition) is 3. The Labute approximate surface area is 358 Å². The molecule has 2 aromatic heterocycles. The summed E-state index contributed by atoms with van der Waals surface area (Å²) >= 11 is 0. The van der Waals surface area contributed by atoms with Crippen molar-refractivity contribution in [3.05, 3.63) is 224 Å². The summed E-state index contributed by atoms with van der Waals surface area (Å²) in [5.74, 6) is 0. The predicted octanol–water partition coefficient (Wildman–Crippen LogP) is 16.4. The van der Waals surface area contributed by atoms with Crippen molar-refractivity contribution in [2.45, 2.75) is 0 Å². The maximum atomic E-state index is 6.53. The number of fused-ring (bicyclic) bond motifs is 11. The molecule has 13 rings (SSSR count). The van der Waals surface area contributed by atoms with Gasteiger partial charge in [-0.05, 0) is 119 Å². The van der Waals surface area contributed by atoms with E-state index in [4.69, 9.17) is 4.42 Å². The first-order valence-electron chi connectivity index (χ1n) is 21.2. The lowest BCUT2D eigenvalue weighted by molar-refractivity contribution is 0.672. The number of hydrogen-bond donors (Lipinski definition) is 0. The van der Waals surface area contributed by atoms with E-state index in [1.54, 1.807) is 0 Å². The van der Waals surface area contributed by atoms with Crippen LogP contribution in [-0.4, -0.2) is 4.57 Å². The van der Waals surface area contributed by atoms with Crippen molar-refractivity contribution >= 4 is 88.6 Å². The summed E-state index contributed by atoms with van der Waals surface area (Å²) in [4.78, 5) is 4.75. The molecule has 0 amide bonds. The van der Waals surface area contributed by atoms with Gasteiger partial charge in [-0.2, -0.15) is 0 Å². The fourth-order valence-electron chi connectivity index (χ4n) is 9.88. The number of aromatic nitrogens is 1. The highest BCUT2D eigenvalue weighted by molar-refractivity contribution is 6.28. The molecule has 10 aromatic carbocycles. The Morgan fingerprint density at radius 2 is 0.855 bits per heavy atom. The zero-order chi connectivity index (χ0) is 40.7. The molecular formula is C58H37N3O. The maximum absolute atomic E-state index is 6.53. The van der Waals surface area contributed by atoms with Crippen molar-refractivity contribution in [2.75, 3.05) is 9.80 Å². The summed E-state index contributed by atoms with van der Waals surface area (Å²) in [7, 11) is 0. The average molecular weight is 792 g/mol. The molecule has 0 radical (unpaired) electrons. The zero-order valence-electron chi connectivity index (χ0n) is 33.6. The highest BCUT2D eigenvalue weighted by Gasteiger charge is 2.29. The first kappa shape index (κ1) is 34.5. The van der Waals surface area contributed by atoms with Crippen LogP contribution in [0, 0.1) is 0 Å². The van der Waals surface area contributed by atoms with Gasteiger partial charge in [-0.1, -0.05) is 133 Å². The quantitative estimate of drug-likeness (QED) is 0.168. The molecule has 0 saturated carbocycles. The van der Waals surface area contributed by atoms with Gasteiger partial charge in [0.1, 0.15) is 11.2 Å². The van der Waals surface area contributed by atoms with E-state index in [2.05, 4.69) is 233 Å². The Hall–Kier alpha value is -8.34. The van der Waals surface area contributed by atoms with Crippen molar-refractivity contribution in [1.29, 1.82) is 0 Å². The number of para-hydroxylation sites is 5. The first-order valence-corrected chi connectivity index (χ1v) is 21.2. The van der Waals surface area contributed by atoms with E-state index in [1.165, 1.54) is 49.4 Å². The Balaban J connectivity index is 0.906. The van der Waals surface area contributed by atoms with E-state index in [-0.39, 0.29) is 0 Å². The van der Waals surface area contributed by atoms with Crippen molar-refractivity contribution < 1.29 is 4.42 Å². The number of rotatable bonds is 6. The summed E-state index contributed by atoms with van der Waals surface area (Å²) < 4.78 is 8.99. The molecule has 0 aliphatic carbocycles. The Kier molecular flexibility index (Phi) is 7.57. The highest BCUT2D eigenvalue weighted by Crippen LogP contribution is 2.51. The van der Waals surface area contributed by atoms with Gasteiger partial charge in [0.2, 0.25) is 0 Å². The molecule has 0 unspecified atom stereocenters. The third-order valence-electron chi connectivity index (χ3n) is 12.7. The molecule has 1 aliphatic heterocycles.